The number of fused-ring (bicyclic) bond motifs is 1. The quantitative estimate of drug-likeness (QED) is 0.185. The monoisotopic (exact) mass is 772 g/mol. The van der Waals surface area contributed by atoms with Crippen molar-refractivity contribution >= 4 is 52.3 Å². The maximum atomic E-state index is 14.1. The number of benzene rings is 2. The minimum Gasteiger partial charge on any atom is -0.361 e. The topological polar surface area (TPSA) is 219 Å². The first-order valence-corrected chi connectivity index (χ1v) is 19.3. The molecule has 2 heterocycles. The van der Waals surface area contributed by atoms with Crippen molar-refractivity contribution < 1.29 is 33.6 Å². The summed E-state index contributed by atoms with van der Waals surface area (Å²) >= 11 is 0. The van der Waals surface area contributed by atoms with Gasteiger partial charge < -0.3 is 42.2 Å². The van der Waals surface area contributed by atoms with Crippen LogP contribution in [0, 0.1) is 11.8 Å². The van der Waals surface area contributed by atoms with Crippen LogP contribution in [0.25, 0.3) is 10.9 Å². The molecule has 7 atom stereocenters. The van der Waals surface area contributed by atoms with Gasteiger partial charge >= 0.3 is 0 Å². The second kappa shape index (κ2) is 19.7. The van der Waals surface area contributed by atoms with Crippen molar-refractivity contribution in [1.82, 2.24) is 42.2 Å². The van der Waals surface area contributed by atoms with Gasteiger partial charge in [-0.2, -0.15) is 0 Å². The van der Waals surface area contributed by atoms with Gasteiger partial charge in [-0.3, -0.25) is 33.6 Å². The lowest BCUT2D eigenvalue weighted by Gasteiger charge is -2.31. The summed E-state index contributed by atoms with van der Waals surface area (Å²) in [6.07, 6.45) is 2.13. The summed E-state index contributed by atoms with van der Waals surface area (Å²) in [6.45, 7) is 11.8. The van der Waals surface area contributed by atoms with E-state index in [0.717, 1.165) is 22.0 Å². The summed E-state index contributed by atoms with van der Waals surface area (Å²) < 4.78 is 0. The highest BCUT2D eigenvalue weighted by molar-refractivity contribution is 5.97. The Balaban J connectivity index is 1.65. The summed E-state index contributed by atoms with van der Waals surface area (Å²) in [5.41, 5.74) is 2.39. The van der Waals surface area contributed by atoms with Gasteiger partial charge in [0.05, 0.1) is 0 Å². The van der Waals surface area contributed by atoms with Crippen LogP contribution < -0.4 is 37.2 Å². The first kappa shape index (κ1) is 43.0. The molecule has 0 saturated carbocycles. The first-order chi connectivity index (χ1) is 26.6. The van der Waals surface area contributed by atoms with E-state index in [4.69, 9.17) is 0 Å². The number of hydrogen-bond acceptors (Lipinski definition) is 7. The van der Waals surface area contributed by atoms with Gasteiger partial charge in [0.25, 0.3) is 0 Å². The molecule has 1 fully saturated rings. The van der Waals surface area contributed by atoms with E-state index in [-0.39, 0.29) is 25.8 Å². The predicted octanol–water partition coefficient (Wildman–Crippen LogP) is 1.68. The number of hydrogen-bond donors (Lipinski definition) is 8. The number of nitrogens with one attached hydrogen (secondary N) is 8. The number of rotatable bonds is 6. The van der Waals surface area contributed by atoms with Crippen molar-refractivity contribution in [2.45, 2.75) is 110 Å². The summed E-state index contributed by atoms with van der Waals surface area (Å²) in [4.78, 5) is 98.3. The molecule has 7 amide bonds. The van der Waals surface area contributed by atoms with E-state index in [2.05, 4.69) is 42.2 Å². The van der Waals surface area contributed by atoms with Crippen molar-refractivity contribution in [2.24, 2.45) is 11.8 Å². The van der Waals surface area contributed by atoms with Gasteiger partial charge in [-0.15, -0.1) is 0 Å². The summed E-state index contributed by atoms with van der Waals surface area (Å²) in [6, 6.07) is 10.1. The van der Waals surface area contributed by atoms with Crippen molar-refractivity contribution in [3.05, 3.63) is 71.9 Å². The Morgan fingerprint density at radius 1 is 0.589 bits per heavy atom. The van der Waals surface area contributed by atoms with Crippen LogP contribution in [-0.4, -0.2) is 89.1 Å². The van der Waals surface area contributed by atoms with Gasteiger partial charge in [0.1, 0.15) is 36.3 Å². The van der Waals surface area contributed by atoms with E-state index in [1.165, 1.54) is 13.8 Å². The number of aromatic amines is 1. The number of para-hydroxylation sites is 1. The average molecular weight is 773 g/mol. The Morgan fingerprint density at radius 2 is 1.12 bits per heavy atom. The maximum absolute atomic E-state index is 14.1. The highest BCUT2D eigenvalue weighted by Crippen LogP contribution is 2.21. The summed E-state index contributed by atoms with van der Waals surface area (Å²) in [5, 5.41) is 20.1. The van der Waals surface area contributed by atoms with Crippen LogP contribution in [-0.2, 0) is 40.0 Å². The first-order valence-electron chi connectivity index (χ1n) is 19.3. The fourth-order valence-electron chi connectivity index (χ4n) is 6.56. The molecule has 4 rings (SSSR count). The molecule has 1 saturated heterocycles. The second-order valence-electron chi connectivity index (χ2n) is 15.2. The lowest BCUT2D eigenvalue weighted by Crippen LogP contribution is -2.61. The molecule has 1 aromatic heterocycles. The fraction of sp³-hybridized carbons (Fsp3) is 0.488. The van der Waals surface area contributed by atoms with Crippen molar-refractivity contribution in [3.63, 3.8) is 0 Å². The van der Waals surface area contributed by atoms with E-state index in [0.29, 0.717) is 0 Å². The number of H-pyrrole nitrogens is 1. The molecule has 0 unspecified atom stereocenters. The summed E-state index contributed by atoms with van der Waals surface area (Å²) in [7, 11) is 0. The number of carbonyl (C=O) groups is 7. The third-order valence-electron chi connectivity index (χ3n) is 10.0. The van der Waals surface area contributed by atoms with Crippen LogP contribution in [0.4, 0.5) is 0 Å². The molecule has 8 N–H and O–H groups in total. The molecular weight excluding hydrogens is 716 g/mol. The van der Waals surface area contributed by atoms with Crippen LogP contribution in [0.3, 0.4) is 0 Å². The Kier molecular flexibility index (Phi) is 15.2. The van der Waals surface area contributed by atoms with Gasteiger partial charge in [-0.1, -0.05) is 83.1 Å². The highest BCUT2D eigenvalue weighted by Gasteiger charge is 2.36. The third-order valence-corrected chi connectivity index (χ3v) is 10.0. The molecule has 0 spiro atoms. The highest BCUT2D eigenvalue weighted by atomic mass is 16.2. The van der Waals surface area contributed by atoms with E-state index in [1.54, 1.807) is 40.8 Å². The Morgan fingerprint density at radius 3 is 1.79 bits per heavy atom. The Hall–Kier alpha value is -5.73. The SMILES string of the molecule is CC(C)[C@H]1NC(=O)[C@H]([C@@H](C)c2ccccc2)NC(=O)[C@@H](C(C)C)NC(=O)[C@@H](C)NC(=O)CCCNC(=O)[C@@H](Cc2c[nH]c3ccccc23)NC(=O)[C@@H](C)NC1=O. The molecule has 15 heteroatoms. The van der Waals surface area contributed by atoms with Gasteiger partial charge in [0.15, 0.2) is 0 Å². The molecule has 2 aromatic carbocycles. The molecule has 56 heavy (non-hydrogen) atoms. The minimum atomic E-state index is -1.18. The number of aromatic nitrogens is 1. The van der Waals surface area contributed by atoms with Crippen LogP contribution >= 0.6 is 0 Å². The molecule has 302 valence electrons. The zero-order valence-corrected chi connectivity index (χ0v) is 33.2. The van der Waals surface area contributed by atoms with E-state index in [1.807, 2.05) is 54.6 Å². The second-order valence-corrected chi connectivity index (χ2v) is 15.2. The normalized spacial score (nSPS) is 25.0. The molecule has 0 radical (unpaired) electrons. The third kappa shape index (κ3) is 11.4. The van der Waals surface area contributed by atoms with Crippen molar-refractivity contribution in [1.29, 1.82) is 0 Å². The van der Waals surface area contributed by atoms with Crippen LogP contribution in [0.5, 0.6) is 0 Å². The molecule has 3 aromatic rings. The van der Waals surface area contributed by atoms with Gasteiger partial charge in [0, 0.05) is 42.4 Å². The standard InChI is InChI=1S/C41H56N8O7/c1-22(2)33-39(54)45-26(7)36(51)46-31(20-28-21-43-30-17-12-11-16-29(28)30)38(53)42-19-13-18-32(50)44-25(6)37(52)47-34(23(3)4)40(55)49-35(41(56)48-33)24(5)27-14-9-8-10-15-27/h8-12,14-17,21-26,31,33-35,43H,13,18-20H2,1-7H3,(H,42,53)(H,44,50)(H,45,54)(H,46,51)(H,47,52)(H,48,56)(H,49,55)/t24-,25+,26+,31+,33+,34+,35-/m0/s1. The van der Waals surface area contributed by atoms with Crippen molar-refractivity contribution in [3.8, 4) is 0 Å². The Labute approximate surface area is 327 Å². The number of amides is 7. The largest absolute Gasteiger partial charge is 0.361 e. The van der Waals surface area contributed by atoms with Crippen LogP contribution in [0.2, 0.25) is 0 Å². The van der Waals surface area contributed by atoms with Gasteiger partial charge in [-0.25, -0.2) is 0 Å². The molecule has 1 aliphatic rings. The van der Waals surface area contributed by atoms with E-state index >= 15 is 0 Å². The van der Waals surface area contributed by atoms with Crippen LogP contribution in [0.1, 0.15) is 78.4 Å². The van der Waals surface area contributed by atoms with Gasteiger partial charge in [0.2, 0.25) is 41.4 Å². The van der Waals surface area contributed by atoms with Gasteiger partial charge in [-0.05, 0) is 49.3 Å². The van der Waals surface area contributed by atoms with Crippen molar-refractivity contribution in [2.75, 3.05) is 6.54 Å². The molecule has 1 aliphatic heterocycles. The fourth-order valence-corrected chi connectivity index (χ4v) is 6.56. The zero-order chi connectivity index (χ0) is 41.1. The number of carbonyl (C=O) groups excluding carboxylic acids is 7. The Bertz CT molecular complexity index is 1880. The predicted molar refractivity (Wildman–Crippen MR) is 212 cm³/mol. The molecule has 15 nitrogen and oxygen atoms in total. The van der Waals surface area contributed by atoms with Crippen LogP contribution in [0.15, 0.2) is 60.8 Å². The molecular formula is C41H56N8O7. The minimum absolute atomic E-state index is 0.0142. The lowest BCUT2D eigenvalue weighted by molar-refractivity contribution is -0.136. The zero-order valence-electron chi connectivity index (χ0n) is 33.2. The summed E-state index contributed by atoms with van der Waals surface area (Å²) in [5.74, 6) is -5.48. The average Bonchev–Trinajstić information content (AvgIpc) is 3.57. The maximum Gasteiger partial charge on any atom is 0.243 e. The molecule has 0 bridgehead atoms. The smallest absolute Gasteiger partial charge is 0.243 e. The lowest BCUT2D eigenvalue weighted by atomic mass is 9.91. The van der Waals surface area contributed by atoms with E-state index < -0.39 is 95.4 Å². The van der Waals surface area contributed by atoms with E-state index in [9.17, 15) is 33.6 Å². The molecule has 0 aliphatic carbocycles.